The molecule has 0 fully saturated rings. The molecule has 3 amide bonds. The average Bonchev–Trinajstić information content (AvgIpc) is 3.46. The third kappa shape index (κ3) is 12.0. The van der Waals surface area contributed by atoms with E-state index in [4.69, 9.17) is 10.5 Å². The van der Waals surface area contributed by atoms with Gasteiger partial charge in [0.1, 0.15) is 29.2 Å². The first kappa shape index (κ1) is 43.3. The summed E-state index contributed by atoms with van der Waals surface area (Å²) < 4.78 is 75.5. The molecule has 0 radical (unpaired) electrons. The first-order chi connectivity index (χ1) is 25.0. The van der Waals surface area contributed by atoms with Crippen LogP contribution in [0.3, 0.4) is 0 Å². The number of nitrogens with one attached hydrogen (secondary N) is 2. The largest absolute Gasteiger partial charge is 0.493 e. The molecule has 54 heavy (non-hydrogen) atoms. The average molecular weight is 769 g/mol. The van der Waals surface area contributed by atoms with Crippen molar-refractivity contribution in [2.45, 2.75) is 84.3 Å². The summed E-state index contributed by atoms with van der Waals surface area (Å²) in [4.78, 5) is 60.5. The van der Waals surface area contributed by atoms with Gasteiger partial charge in [0, 0.05) is 37.9 Å². The molecule has 296 valence electrons. The van der Waals surface area contributed by atoms with Gasteiger partial charge in [0.2, 0.25) is 11.8 Å². The van der Waals surface area contributed by atoms with Gasteiger partial charge in [-0.2, -0.15) is 13.2 Å². The number of rotatable bonds is 13. The Kier molecular flexibility index (Phi) is 14.3. The van der Waals surface area contributed by atoms with E-state index in [1.54, 1.807) is 43.5 Å². The van der Waals surface area contributed by atoms with Gasteiger partial charge in [-0.3, -0.25) is 9.59 Å². The standard InChI is InChI=1S/C36H45F5N6O7/c1-34(2,3)27(29-45-25(23-18-22(37)12-13-24(23)38)20-46(29)19-21-10-8-7-9-11-21)28(48)31(50)43-16-14-26(30(49)44-17-15-42)47(33(52)53-35(4,5)6)54-32(51)36(39,40)41/h7-13,18,20,26-28,48H,14-17,19,42H2,1-6H3,(H,43,50)(H,44,49)/t26-,27-,28-/m0/s1. The topological polar surface area (TPSA) is 178 Å². The second-order valence-electron chi connectivity index (χ2n) is 14.4. The molecule has 0 bridgehead atoms. The lowest BCUT2D eigenvalue weighted by molar-refractivity contribution is -0.238. The molecule has 0 spiro atoms. The number of hydroxylamine groups is 2. The van der Waals surface area contributed by atoms with Gasteiger partial charge >= 0.3 is 18.2 Å². The summed E-state index contributed by atoms with van der Waals surface area (Å²) >= 11 is 0. The summed E-state index contributed by atoms with van der Waals surface area (Å²) in [7, 11) is 0. The van der Waals surface area contributed by atoms with Crippen LogP contribution < -0.4 is 16.4 Å². The lowest BCUT2D eigenvalue weighted by Crippen LogP contribution is -2.54. The summed E-state index contributed by atoms with van der Waals surface area (Å²) in [5.41, 5.74) is 3.88. The molecule has 1 aromatic heterocycles. The minimum Gasteiger partial charge on any atom is -0.442 e. The highest BCUT2D eigenvalue weighted by Crippen LogP contribution is 2.39. The zero-order valence-electron chi connectivity index (χ0n) is 30.7. The molecule has 3 atom stereocenters. The fraction of sp³-hybridized carbons (Fsp3) is 0.472. The number of aliphatic hydroxyl groups is 1. The van der Waals surface area contributed by atoms with Gasteiger partial charge in [0.05, 0.1) is 11.6 Å². The highest BCUT2D eigenvalue weighted by molar-refractivity contribution is 5.87. The van der Waals surface area contributed by atoms with Gasteiger partial charge in [-0.25, -0.2) is 23.4 Å². The van der Waals surface area contributed by atoms with E-state index in [0.717, 1.165) is 23.8 Å². The van der Waals surface area contributed by atoms with E-state index in [1.807, 2.05) is 12.1 Å². The fourth-order valence-corrected chi connectivity index (χ4v) is 5.34. The Morgan fingerprint density at radius 2 is 1.57 bits per heavy atom. The molecular formula is C36H45F5N6O7. The molecule has 3 rings (SSSR count). The van der Waals surface area contributed by atoms with Crippen LogP contribution in [0.15, 0.2) is 54.7 Å². The number of alkyl halides is 3. The quantitative estimate of drug-likeness (QED) is 0.143. The molecule has 1 heterocycles. The Morgan fingerprint density at radius 3 is 2.15 bits per heavy atom. The number of carbonyl (C=O) groups is 4. The molecule has 13 nitrogen and oxygen atoms in total. The van der Waals surface area contributed by atoms with Crippen LogP contribution in [0.2, 0.25) is 0 Å². The maximum Gasteiger partial charge on any atom is 0.493 e. The minimum absolute atomic E-state index is 0.0294. The van der Waals surface area contributed by atoms with Crippen LogP contribution in [0.25, 0.3) is 11.3 Å². The van der Waals surface area contributed by atoms with Crippen LogP contribution in [0, 0.1) is 17.0 Å². The second-order valence-corrected chi connectivity index (χ2v) is 14.4. The predicted molar refractivity (Wildman–Crippen MR) is 185 cm³/mol. The van der Waals surface area contributed by atoms with Crippen molar-refractivity contribution in [1.82, 2.24) is 25.2 Å². The SMILES string of the molecule is CC(C)(C)OC(=O)N(OC(=O)C(F)(F)F)[C@@H](CCNC(=O)[C@@H](O)[C@@H](c1nc(-c2cc(F)ccc2F)cn1Cc1ccccc1)C(C)(C)C)C(=O)NCCN. The molecular weight excluding hydrogens is 723 g/mol. The van der Waals surface area contributed by atoms with Gasteiger partial charge in [-0.05, 0) is 56.4 Å². The maximum atomic E-state index is 14.9. The fourth-order valence-electron chi connectivity index (χ4n) is 5.34. The third-order valence-electron chi connectivity index (χ3n) is 7.74. The Hall–Kier alpha value is -5.10. The van der Waals surface area contributed by atoms with Crippen molar-refractivity contribution in [2.75, 3.05) is 19.6 Å². The van der Waals surface area contributed by atoms with Crippen LogP contribution in [-0.4, -0.2) is 87.2 Å². The number of aliphatic hydroxyl groups excluding tert-OH is 1. The number of amides is 3. The maximum absolute atomic E-state index is 14.9. The van der Waals surface area contributed by atoms with Crippen molar-refractivity contribution in [3.05, 3.63) is 77.8 Å². The second kappa shape index (κ2) is 17.8. The molecule has 0 saturated heterocycles. The van der Waals surface area contributed by atoms with Gasteiger partial charge < -0.3 is 35.6 Å². The van der Waals surface area contributed by atoms with Crippen molar-refractivity contribution >= 4 is 23.9 Å². The van der Waals surface area contributed by atoms with Crippen LogP contribution in [0.1, 0.15) is 65.3 Å². The number of carbonyl (C=O) groups excluding carboxylic acids is 4. The lowest BCUT2D eigenvalue weighted by atomic mass is 9.76. The van der Waals surface area contributed by atoms with Crippen molar-refractivity contribution < 1.29 is 55.8 Å². The summed E-state index contributed by atoms with van der Waals surface area (Å²) in [5, 5.41) is 16.1. The van der Waals surface area contributed by atoms with Crippen LogP contribution in [0.4, 0.5) is 26.7 Å². The lowest BCUT2D eigenvalue weighted by Gasteiger charge is -2.34. The van der Waals surface area contributed by atoms with Crippen LogP contribution >= 0.6 is 0 Å². The monoisotopic (exact) mass is 768 g/mol. The van der Waals surface area contributed by atoms with E-state index in [-0.39, 0.29) is 41.8 Å². The van der Waals surface area contributed by atoms with Gasteiger partial charge in [-0.1, -0.05) is 51.1 Å². The van der Waals surface area contributed by atoms with Crippen molar-refractivity contribution in [3.63, 3.8) is 0 Å². The molecule has 3 aromatic rings. The van der Waals surface area contributed by atoms with E-state index < -0.39 is 83.7 Å². The van der Waals surface area contributed by atoms with Crippen molar-refractivity contribution in [3.8, 4) is 11.3 Å². The minimum atomic E-state index is -5.56. The molecule has 18 heteroatoms. The highest BCUT2D eigenvalue weighted by atomic mass is 19.4. The first-order valence-electron chi connectivity index (χ1n) is 16.8. The predicted octanol–water partition coefficient (Wildman–Crippen LogP) is 4.57. The molecule has 5 N–H and O–H groups in total. The highest BCUT2D eigenvalue weighted by Gasteiger charge is 2.47. The van der Waals surface area contributed by atoms with Crippen molar-refractivity contribution in [1.29, 1.82) is 0 Å². The Labute approximate surface area is 308 Å². The summed E-state index contributed by atoms with van der Waals surface area (Å²) in [6, 6.07) is 9.91. The number of imidazole rings is 1. The number of aromatic nitrogens is 2. The van der Waals surface area contributed by atoms with Crippen LogP contribution in [0.5, 0.6) is 0 Å². The number of benzene rings is 2. The number of halogens is 5. The normalized spacial score (nSPS) is 13.7. The Balaban J connectivity index is 1.97. The number of nitrogens with two attached hydrogens (primary N) is 1. The van der Waals surface area contributed by atoms with E-state index in [2.05, 4.69) is 20.5 Å². The van der Waals surface area contributed by atoms with Gasteiger partial charge in [0.15, 0.2) is 6.04 Å². The number of hydrogen-bond acceptors (Lipinski definition) is 9. The summed E-state index contributed by atoms with van der Waals surface area (Å²) in [6.07, 6.45) is -8.21. The first-order valence-corrected chi connectivity index (χ1v) is 16.8. The molecule has 0 aliphatic rings. The van der Waals surface area contributed by atoms with Gasteiger partial charge in [0.25, 0.3) is 0 Å². The van der Waals surface area contributed by atoms with E-state index in [9.17, 15) is 46.2 Å². The summed E-state index contributed by atoms with van der Waals surface area (Å²) in [6.45, 7) is 8.62. The smallest absolute Gasteiger partial charge is 0.442 e. The van der Waals surface area contributed by atoms with E-state index in [0.29, 0.717) is 0 Å². The Bertz CT molecular complexity index is 1770. The third-order valence-corrected chi connectivity index (χ3v) is 7.74. The molecule has 0 unspecified atom stereocenters. The number of hydrogen-bond donors (Lipinski definition) is 4. The van der Waals surface area contributed by atoms with E-state index in [1.165, 1.54) is 27.0 Å². The van der Waals surface area contributed by atoms with Crippen LogP contribution in [-0.2, 0) is 30.5 Å². The molecule has 0 saturated carbocycles. The van der Waals surface area contributed by atoms with E-state index >= 15 is 0 Å². The molecule has 2 aromatic carbocycles. The summed E-state index contributed by atoms with van der Waals surface area (Å²) in [5.74, 6) is -7.37. The van der Waals surface area contributed by atoms with Gasteiger partial charge in [-0.15, -0.1) is 5.06 Å². The molecule has 0 aliphatic carbocycles. The number of ether oxygens (including phenoxy) is 1. The molecule has 0 aliphatic heterocycles. The zero-order chi connectivity index (χ0) is 40.6. The zero-order valence-corrected chi connectivity index (χ0v) is 30.7. The Morgan fingerprint density at radius 1 is 0.944 bits per heavy atom. The number of nitrogens with zero attached hydrogens (tertiary/aromatic N) is 3. The van der Waals surface area contributed by atoms with Crippen molar-refractivity contribution in [2.24, 2.45) is 11.1 Å².